The first kappa shape index (κ1) is 9.71. The molecule has 1 fully saturated rings. The first-order chi connectivity index (χ1) is 6.74. The second-order valence-electron chi connectivity index (χ2n) is 4.48. The highest BCUT2D eigenvalue weighted by Crippen LogP contribution is 2.40. The van der Waals surface area contributed by atoms with E-state index in [-0.39, 0.29) is 0 Å². The predicted octanol–water partition coefficient (Wildman–Crippen LogP) is 1.95. The molecule has 3 atom stereocenters. The van der Waals surface area contributed by atoms with Crippen molar-refractivity contribution in [1.82, 2.24) is 9.55 Å². The van der Waals surface area contributed by atoms with Crippen LogP contribution in [0.4, 0.5) is 0 Å². The first-order valence-corrected chi connectivity index (χ1v) is 5.44. The minimum absolute atomic E-state index is 0.595. The van der Waals surface area contributed by atoms with E-state index in [1.807, 2.05) is 12.5 Å². The summed E-state index contributed by atoms with van der Waals surface area (Å²) in [4.78, 5) is 4.18. The SMILES string of the molecule is CC1CCC(n2cncc2CN)C1C. The van der Waals surface area contributed by atoms with Crippen molar-refractivity contribution in [3.8, 4) is 0 Å². The van der Waals surface area contributed by atoms with Crippen LogP contribution in [-0.2, 0) is 6.54 Å². The Morgan fingerprint density at radius 1 is 1.50 bits per heavy atom. The summed E-state index contributed by atoms with van der Waals surface area (Å²) < 4.78 is 2.27. The molecule has 1 saturated carbocycles. The van der Waals surface area contributed by atoms with Crippen molar-refractivity contribution in [3.05, 3.63) is 18.2 Å². The monoisotopic (exact) mass is 193 g/mol. The average molecular weight is 193 g/mol. The van der Waals surface area contributed by atoms with E-state index in [0.717, 1.165) is 17.5 Å². The molecule has 0 amide bonds. The lowest BCUT2D eigenvalue weighted by atomic mass is 9.97. The Morgan fingerprint density at radius 2 is 2.29 bits per heavy atom. The van der Waals surface area contributed by atoms with E-state index in [2.05, 4.69) is 23.4 Å². The van der Waals surface area contributed by atoms with Gasteiger partial charge < -0.3 is 10.3 Å². The molecule has 1 aliphatic rings. The Balaban J connectivity index is 2.23. The van der Waals surface area contributed by atoms with Crippen molar-refractivity contribution < 1.29 is 0 Å². The molecule has 0 radical (unpaired) electrons. The Bertz CT molecular complexity index is 305. The van der Waals surface area contributed by atoms with Crippen LogP contribution in [0.15, 0.2) is 12.5 Å². The zero-order chi connectivity index (χ0) is 10.1. The molecule has 0 bridgehead atoms. The third-order valence-electron chi connectivity index (χ3n) is 3.73. The molecular formula is C11H19N3. The fourth-order valence-corrected chi connectivity index (χ4v) is 2.52. The summed E-state index contributed by atoms with van der Waals surface area (Å²) in [5.41, 5.74) is 6.84. The number of rotatable bonds is 2. The zero-order valence-electron chi connectivity index (χ0n) is 8.98. The van der Waals surface area contributed by atoms with Crippen molar-refractivity contribution in [2.45, 2.75) is 39.3 Å². The van der Waals surface area contributed by atoms with Gasteiger partial charge in [0.1, 0.15) is 0 Å². The highest BCUT2D eigenvalue weighted by molar-refractivity contribution is 5.02. The average Bonchev–Trinajstić information content (AvgIpc) is 2.75. The molecule has 1 aliphatic carbocycles. The Morgan fingerprint density at radius 3 is 2.86 bits per heavy atom. The smallest absolute Gasteiger partial charge is 0.0951 e. The third kappa shape index (κ3) is 1.46. The van der Waals surface area contributed by atoms with Crippen molar-refractivity contribution in [2.75, 3.05) is 0 Å². The summed E-state index contributed by atoms with van der Waals surface area (Å²) in [7, 11) is 0. The molecule has 1 aromatic heterocycles. The quantitative estimate of drug-likeness (QED) is 0.780. The first-order valence-electron chi connectivity index (χ1n) is 5.44. The van der Waals surface area contributed by atoms with Gasteiger partial charge in [-0.15, -0.1) is 0 Å². The summed E-state index contributed by atoms with van der Waals surface area (Å²) in [5.74, 6) is 1.57. The maximum Gasteiger partial charge on any atom is 0.0951 e. The molecule has 14 heavy (non-hydrogen) atoms. The van der Waals surface area contributed by atoms with Gasteiger partial charge in [0.05, 0.1) is 12.0 Å². The molecule has 0 aromatic carbocycles. The fraction of sp³-hybridized carbons (Fsp3) is 0.727. The molecule has 3 unspecified atom stereocenters. The molecular weight excluding hydrogens is 174 g/mol. The van der Waals surface area contributed by atoms with E-state index in [1.54, 1.807) is 0 Å². The van der Waals surface area contributed by atoms with Gasteiger partial charge in [0.2, 0.25) is 0 Å². The number of aromatic nitrogens is 2. The molecule has 0 aliphatic heterocycles. The van der Waals surface area contributed by atoms with Crippen LogP contribution in [0, 0.1) is 11.8 Å². The van der Waals surface area contributed by atoms with E-state index in [4.69, 9.17) is 5.73 Å². The molecule has 1 aromatic rings. The summed E-state index contributed by atoms with van der Waals surface area (Å²) in [6, 6.07) is 0.617. The number of hydrogen-bond acceptors (Lipinski definition) is 2. The highest BCUT2D eigenvalue weighted by Gasteiger charge is 2.31. The van der Waals surface area contributed by atoms with E-state index < -0.39 is 0 Å². The van der Waals surface area contributed by atoms with Crippen LogP contribution in [0.25, 0.3) is 0 Å². The van der Waals surface area contributed by atoms with Gasteiger partial charge in [0.15, 0.2) is 0 Å². The van der Waals surface area contributed by atoms with E-state index in [0.29, 0.717) is 12.6 Å². The van der Waals surface area contributed by atoms with Gasteiger partial charge in [-0.3, -0.25) is 0 Å². The van der Waals surface area contributed by atoms with Gasteiger partial charge in [-0.1, -0.05) is 13.8 Å². The predicted molar refractivity (Wildman–Crippen MR) is 56.7 cm³/mol. The molecule has 3 heteroatoms. The van der Waals surface area contributed by atoms with Gasteiger partial charge in [-0.2, -0.15) is 0 Å². The van der Waals surface area contributed by atoms with Gasteiger partial charge in [-0.05, 0) is 24.7 Å². The number of hydrogen-bond donors (Lipinski definition) is 1. The molecule has 3 nitrogen and oxygen atoms in total. The van der Waals surface area contributed by atoms with Crippen LogP contribution >= 0.6 is 0 Å². The van der Waals surface area contributed by atoms with Gasteiger partial charge in [-0.25, -0.2) is 4.98 Å². The highest BCUT2D eigenvalue weighted by atomic mass is 15.1. The second kappa shape index (κ2) is 3.73. The van der Waals surface area contributed by atoms with E-state index in [9.17, 15) is 0 Å². The van der Waals surface area contributed by atoms with Gasteiger partial charge in [0, 0.05) is 18.8 Å². The third-order valence-corrected chi connectivity index (χ3v) is 3.73. The molecule has 0 saturated heterocycles. The number of nitrogens with two attached hydrogens (primary N) is 1. The van der Waals surface area contributed by atoms with Crippen molar-refractivity contribution >= 4 is 0 Å². The lowest BCUT2D eigenvalue weighted by Crippen LogP contribution is -2.17. The minimum atomic E-state index is 0.595. The maximum absolute atomic E-state index is 5.68. The molecule has 78 valence electrons. The van der Waals surface area contributed by atoms with Crippen molar-refractivity contribution in [3.63, 3.8) is 0 Å². The summed E-state index contributed by atoms with van der Waals surface area (Å²) in [6.45, 7) is 5.27. The standard InChI is InChI=1S/C11H19N3/c1-8-3-4-11(9(8)2)14-7-13-6-10(14)5-12/h6-9,11H,3-5,12H2,1-2H3. The van der Waals surface area contributed by atoms with Crippen LogP contribution < -0.4 is 5.73 Å². The van der Waals surface area contributed by atoms with Gasteiger partial charge >= 0.3 is 0 Å². The lowest BCUT2D eigenvalue weighted by Gasteiger charge is -2.21. The second-order valence-corrected chi connectivity index (χ2v) is 4.48. The lowest BCUT2D eigenvalue weighted by molar-refractivity contribution is 0.347. The van der Waals surface area contributed by atoms with Crippen molar-refractivity contribution in [1.29, 1.82) is 0 Å². The topological polar surface area (TPSA) is 43.8 Å². The van der Waals surface area contributed by atoms with Crippen molar-refractivity contribution in [2.24, 2.45) is 17.6 Å². The number of imidazole rings is 1. The Hall–Kier alpha value is -0.830. The van der Waals surface area contributed by atoms with Crippen LogP contribution in [-0.4, -0.2) is 9.55 Å². The normalized spacial score (nSPS) is 32.4. The molecule has 0 spiro atoms. The summed E-state index contributed by atoms with van der Waals surface area (Å²) in [5, 5.41) is 0. The number of nitrogens with zero attached hydrogens (tertiary/aromatic N) is 2. The summed E-state index contributed by atoms with van der Waals surface area (Å²) in [6.07, 6.45) is 6.41. The van der Waals surface area contributed by atoms with Gasteiger partial charge in [0.25, 0.3) is 0 Å². The molecule has 2 rings (SSSR count). The van der Waals surface area contributed by atoms with E-state index in [1.165, 1.54) is 12.8 Å². The van der Waals surface area contributed by atoms with Crippen LogP contribution in [0.3, 0.4) is 0 Å². The van der Waals surface area contributed by atoms with Crippen LogP contribution in [0.2, 0.25) is 0 Å². The largest absolute Gasteiger partial charge is 0.330 e. The zero-order valence-corrected chi connectivity index (χ0v) is 8.98. The minimum Gasteiger partial charge on any atom is -0.330 e. The molecule has 2 N–H and O–H groups in total. The maximum atomic E-state index is 5.68. The molecule has 1 heterocycles. The summed E-state index contributed by atoms with van der Waals surface area (Å²) >= 11 is 0. The van der Waals surface area contributed by atoms with Crippen LogP contribution in [0.5, 0.6) is 0 Å². The van der Waals surface area contributed by atoms with Crippen LogP contribution in [0.1, 0.15) is 38.4 Å². The Labute approximate surface area is 85.3 Å². The Kier molecular flexibility index (Phi) is 2.59. The fourth-order valence-electron chi connectivity index (χ4n) is 2.52. The van der Waals surface area contributed by atoms with E-state index >= 15 is 0 Å².